The highest BCUT2D eigenvalue weighted by atomic mass is 16.5. The number of hydrogen-bond acceptors (Lipinski definition) is 6. The average Bonchev–Trinajstić information content (AvgIpc) is 2.81. The zero-order valence-corrected chi connectivity index (χ0v) is 10.4. The van der Waals surface area contributed by atoms with E-state index in [1.807, 2.05) is 6.92 Å². The third-order valence-corrected chi connectivity index (χ3v) is 3.67. The van der Waals surface area contributed by atoms with Gasteiger partial charge in [-0.05, 0) is 13.3 Å². The molecule has 6 heteroatoms. The van der Waals surface area contributed by atoms with Crippen molar-refractivity contribution in [3.05, 3.63) is 12.4 Å². The standard InChI is InChI=1S/C12H18N4O2/c1-2-17-9-6-14-5-8(15-9)16-11-10(13)7-3-4-18-12(7)11/h5-7,10-12H,2-4,13H2,1H3,(H,15,16). The summed E-state index contributed by atoms with van der Waals surface area (Å²) < 4.78 is 11.0. The maximum Gasteiger partial charge on any atom is 0.234 e. The Morgan fingerprint density at radius 3 is 3.28 bits per heavy atom. The van der Waals surface area contributed by atoms with Crippen LogP contribution in [0.25, 0.3) is 0 Å². The normalized spacial score (nSPS) is 33.7. The molecule has 3 N–H and O–H groups in total. The van der Waals surface area contributed by atoms with Gasteiger partial charge < -0.3 is 20.5 Å². The first kappa shape index (κ1) is 11.7. The number of ether oxygens (including phenoxy) is 2. The van der Waals surface area contributed by atoms with Crippen LogP contribution in [0, 0.1) is 5.92 Å². The van der Waals surface area contributed by atoms with Crippen molar-refractivity contribution in [2.45, 2.75) is 31.5 Å². The molecule has 1 aromatic rings. The first-order valence-electron chi connectivity index (χ1n) is 6.38. The molecule has 1 aromatic heterocycles. The van der Waals surface area contributed by atoms with Gasteiger partial charge in [-0.1, -0.05) is 0 Å². The lowest BCUT2D eigenvalue weighted by Gasteiger charge is -2.45. The Morgan fingerprint density at radius 1 is 1.56 bits per heavy atom. The molecule has 4 atom stereocenters. The number of fused-ring (bicyclic) bond motifs is 1. The fraction of sp³-hybridized carbons (Fsp3) is 0.667. The quantitative estimate of drug-likeness (QED) is 0.805. The largest absolute Gasteiger partial charge is 0.477 e. The fourth-order valence-electron chi connectivity index (χ4n) is 2.73. The molecule has 1 saturated carbocycles. The van der Waals surface area contributed by atoms with Crippen LogP contribution in [0.3, 0.4) is 0 Å². The minimum atomic E-state index is 0.128. The van der Waals surface area contributed by atoms with Crippen LogP contribution in [0.5, 0.6) is 5.88 Å². The summed E-state index contributed by atoms with van der Waals surface area (Å²) in [7, 11) is 0. The lowest BCUT2D eigenvalue weighted by molar-refractivity contribution is 0.00521. The van der Waals surface area contributed by atoms with Crippen molar-refractivity contribution in [2.24, 2.45) is 11.7 Å². The van der Waals surface area contributed by atoms with Gasteiger partial charge in [0.05, 0.1) is 31.1 Å². The van der Waals surface area contributed by atoms with E-state index < -0.39 is 0 Å². The van der Waals surface area contributed by atoms with E-state index in [0.29, 0.717) is 24.2 Å². The van der Waals surface area contributed by atoms with Crippen molar-refractivity contribution in [1.82, 2.24) is 9.97 Å². The van der Waals surface area contributed by atoms with Crippen LogP contribution in [0.2, 0.25) is 0 Å². The number of nitrogens with two attached hydrogens (primary N) is 1. The topological polar surface area (TPSA) is 82.3 Å². The van der Waals surface area contributed by atoms with E-state index in [2.05, 4.69) is 15.3 Å². The Kier molecular flexibility index (Phi) is 3.05. The number of nitrogens with zero attached hydrogens (tertiary/aromatic N) is 2. The highest BCUT2D eigenvalue weighted by molar-refractivity contribution is 5.38. The molecule has 2 fully saturated rings. The molecule has 2 aliphatic rings. The molecular weight excluding hydrogens is 232 g/mol. The van der Waals surface area contributed by atoms with Crippen LogP contribution in [0.1, 0.15) is 13.3 Å². The third-order valence-electron chi connectivity index (χ3n) is 3.67. The monoisotopic (exact) mass is 250 g/mol. The van der Waals surface area contributed by atoms with Crippen LogP contribution in [0.15, 0.2) is 12.4 Å². The number of aromatic nitrogens is 2. The van der Waals surface area contributed by atoms with Gasteiger partial charge in [-0.2, -0.15) is 4.98 Å². The number of anilines is 1. The average molecular weight is 250 g/mol. The van der Waals surface area contributed by atoms with Crippen LogP contribution < -0.4 is 15.8 Å². The Morgan fingerprint density at radius 2 is 2.44 bits per heavy atom. The Bertz CT molecular complexity index is 428. The van der Waals surface area contributed by atoms with E-state index in [4.69, 9.17) is 15.2 Å². The molecule has 1 saturated heterocycles. The predicted octanol–water partition coefficient (Wildman–Crippen LogP) is 0.402. The van der Waals surface area contributed by atoms with E-state index >= 15 is 0 Å². The molecule has 4 unspecified atom stereocenters. The van der Waals surface area contributed by atoms with Crippen molar-refractivity contribution >= 4 is 5.82 Å². The molecule has 2 heterocycles. The summed E-state index contributed by atoms with van der Waals surface area (Å²) in [4.78, 5) is 8.42. The molecule has 1 aliphatic heterocycles. The van der Waals surface area contributed by atoms with Gasteiger partial charge in [0.15, 0.2) is 0 Å². The number of hydrogen-bond donors (Lipinski definition) is 2. The predicted molar refractivity (Wildman–Crippen MR) is 66.4 cm³/mol. The molecular formula is C12H18N4O2. The third kappa shape index (κ3) is 1.91. The maximum atomic E-state index is 6.13. The second kappa shape index (κ2) is 4.70. The van der Waals surface area contributed by atoms with Crippen LogP contribution in [-0.2, 0) is 4.74 Å². The minimum Gasteiger partial charge on any atom is -0.477 e. The van der Waals surface area contributed by atoms with Gasteiger partial charge in [-0.15, -0.1) is 0 Å². The first-order valence-corrected chi connectivity index (χ1v) is 6.38. The van der Waals surface area contributed by atoms with Gasteiger partial charge in [0.1, 0.15) is 5.82 Å². The molecule has 0 radical (unpaired) electrons. The Hall–Kier alpha value is -1.40. The van der Waals surface area contributed by atoms with E-state index in [1.165, 1.54) is 0 Å². The minimum absolute atomic E-state index is 0.128. The summed E-state index contributed by atoms with van der Waals surface area (Å²) in [6, 6.07) is 0.263. The SMILES string of the molecule is CCOc1cncc(NC2C(N)C3CCOC32)n1. The smallest absolute Gasteiger partial charge is 0.234 e. The molecule has 0 spiro atoms. The molecule has 18 heavy (non-hydrogen) atoms. The van der Waals surface area contributed by atoms with E-state index in [9.17, 15) is 0 Å². The molecule has 0 aromatic carbocycles. The van der Waals surface area contributed by atoms with Crippen LogP contribution in [-0.4, -0.2) is 41.4 Å². The molecule has 0 bridgehead atoms. The zero-order valence-electron chi connectivity index (χ0n) is 10.4. The summed E-state index contributed by atoms with van der Waals surface area (Å²) in [5.74, 6) is 1.71. The summed E-state index contributed by atoms with van der Waals surface area (Å²) in [6.45, 7) is 3.31. The van der Waals surface area contributed by atoms with Gasteiger partial charge in [-0.25, -0.2) is 0 Å². The maximum absolute atomic E-state index is 6.13. The van der Waals surface area contributed by atoms with Crippen LogP contribution in [0.4, 0.5) is 5.82 Å². The first-order chi connectivity index (χ1) is 8.79. The molecule has 3 rings (SSSR count). The molecule has 0 amide bonds. The van der Waals surface area contributed by atoms with Crippen molar-refractivity contribution < 1.29 is 9.47 Å². The Labute approximate surface area is 106 Å². The second-order valence-corrected chi connectivity index (χ2v) is 4.71. The van der Waals surface area contributed by atoms with Gasteiger partial charge in [0, 0.05) is 18.6 Å². The summed E-state index contributed by atoms with van der Waals surface area (Å²) in [5.41, 5.74) is 6.13. The zero-order chi connectivity index (χ0) is 12.5. The molecule has 6 nitrogen and oxygen atoms in total. The summed E-state index contributed by atoms with van der Waals surface area (Å²) in [5, 5.41) is 3.29. The van der Waals surface area contributed by atoms with E-state index in [-0.39, 0.29) is 18.2 Å². The van der Waals surface area contributed by atoms with Crippen molar-refractivity contribution in [3.8, 4) is 5.88 Å². The lowest BCUT2D eigenvalue weighted by Crippen LogP contribution is -2.65. The second-order valence-electron chi connectivity index (χ2n) is 4.71. The van der Waals surface area contributed by atoms with Gasteiger partial charge >= 0.3 is 0 Å². The van der Waals surface area contributed by atoms with Crippen molar-refractivity contribution in [3.63, 3.8) is 0 Å². The Balaban J connectivity index is 1.67. The van der Waals surface area contributed by atoms with Crippen molar-refractivity contribution in [2.75, 3.05) is 18.5 Å². The summed E-state index contributed by atoms with van der Waals surface area (Å²) in [6.07, 6.45) is 4.56. The highest BCUT2D eigenvalue weighted by Crippen LogP contribution is 2.39. The summed E-state index contributed by atoms with van der Waals surface area (Å²) >= 11 is 0. The van der Waals surface area contributed by atoms with Crippen molar-refractivity contribution in [1.29, 1.82) is 0 Å². The highest BCUT2D eigenvalue weighted by Gasteiger charge is 2.52. The van der Waals surface area contributed by atoms with E-state index in [1.54, 1.807) is 12.4 Å². The van der Waals surface area contributed by atoms with E-state index in [0.717, 1.165) is 13.0 Å². The lowest BCUT2D eigenvalue weighted by atomic mass is 9.72. The molecule has 98 valence electrons. The van der Waals surface area contributed by atoms with Gasteiger partial charge in [0.2, 0.25) is 5.88 Å². The van der Waals surface area contributed by atoms with Gasteiger partial charge in [0.25, 0.3) is 0 Å². The van der Waals surface area contributed by atoms with Crippen LogP contribution >= 0.6 is 0 Å². The van der Waals surface area contributed by atoms with Gasteiger partial charge in [-0.3, -0.25) is 4.98 Å². The molecule has 1 aliphatic carbocycles. The fourth-order valence-corrected chi connectivity index (χ4v) is 2.73. The number of rotatable bonds is 4. The number of nitrogens with one attached hydrogen (secondary N) is 1.